The molecule has 4 amide bonds. The molecule has 1 atom stereocenters. The van der Waals surface area contributed by atoms with E-state index in [2.05, 4.69) is 10.6 Å². The van der Waals surface area contributed by atoms with E-state index in [-0.39, 0.29) is 18.7 Å². The number of carbonyl (C=O) groups excluding carboxylic acids is 3. The smallest absolute Gasteiger partial charge is 0.341 e. The van der Waals surface area contributed by atoms with Gasteiger partial charge in [-0.3, -0.25) is 14.5 Å². The predicted molar refractivity (Wildman–Crippen MR) is 107 cm³/mol. The van der Waals surface area contributed by atoms with E-state index in [1.807, 2.05) is 0 Å². The number of imide groups is 1. The molecule has 4 rings (SSSR count). The minimum absolute atomic E-state index is 0.155. The van der Waals surface area contributed by atoms with E-state index in [0.29, 0.717) is 16.2 Å². The Balaban J connectivity index is 1.57. The highest BCUT2D eigenvalue weighted by molar-refractivity contribution is 7.91. The molecule has 2 aliphatic heterocycles. The highest BCUT2D eigenvalue weighted by Gasteiger charge is 2.55. The first kappa shape index (κ1) is 21.7. The lowest BCUT2D eigenvalue weighted by atomic mass is 9.84. The molecule has 2 heterocycles. The molecule has 1 spiro atoms. The summed E-state index contributed by atoms with van der Waals surface area (Å²) in [6.07, 6.45) is 0.155. The number of benzene rings is 2. The highest BCUT2D eigenvalue weighted by atomic mass is 32.2. The molecule has 0 saturated carbocycles. The van der Waals surface area contributed by atoms with Crippen molar-refractivity contribution in [2.45, 2.75) is 22.6 Å². The SMILES string of the molecule is O=C(CN1C(=O)N[C@@]2(CCOc3ccccc32)C1=O)Nc1ccccc1S(=O)(=O)C(F)F. The van der Waals surface area contributed by atoms with Crippen LogP contribution < -0.4 is 15.4 Å². The third-order valence-electron chi connectivity index (χ3n) is 5.26. The number of nitrogens with one attached hydrogen (secondary N) is 2. The van der Waals surface area contributed by atoms with Gasteiger partial charge in [-0.15, -0.1) is 0 Å². The van der Waals surface area contributed by atoms with Crippen molar-refractivity contribution in [1.82, 2.24) is 10.2 Å². The van der Waals surface area contributed by atoms with Gasteiger partial charge in [0.15, 0.2) is 5.54 Å². The second-order valence-corrected chi connectivity index (χ2v) is 9.06. The van der Waals surface area contributed by atoms with E-state index in [1.165, 1.54) is 12.1 Å². The summed E-state index contributed by atoms with van der Waals surface area (Å²) >= 11 is 0. The van der Waals surface area contributed by atoms with Crippen LogP contribution in [0.3, 0.4) is 0 Å². The molecule has 2 aliphatic rings. The van der Waals surface area contributed by atoms with Crippen LogP contribution in [0.1, 0.15) is 12.0 Å². The van der Waals surface area contributed by atoms with Crippen LogP contribution in [-0.4, -0.2) is 50.1 Å². The molecule has 1 saturated heterocycles. The zero-order valence-electron chi connectivity index (χ0n) is 16.4. The Bertz CT molecular complexity index is 1220. The van der Waals surface area contributed by atoms with Gasteiger partial charge < -0.3 is 15.4 Å². The molecule has 2 aromatic carbocycles. The summed E-state index contributed by atoms with van der Waals surface area (Å²) in [4.78, 5) is 38.2. The topological polar surface area (TPSA) is 122 Å². The molecular formula is C20H17F2N3O6S. The molecular weight excluding hydrogens is 448 g/mol. The lowest BCUT2D eigenvalue weighted by molar-refractivity contribution is -0.135. The van der Waals surface area contributed by atoms with Crippen LogP contribution in [0.25, 0.3) is 0 Å². The largest absolute Gasteiger partial charge is 0.493 e. The van der Waals surface area contributed by atoms with Gasteiger partial charge in [-0.25, -0.2) is 13.2 Å². The highest BCUT2D eigenvalue weighted by Crippen LogP contribution is 2.41. The van der Waals surface area contributed by atoms with Crippen LogP contribution in [0.15, 0.2) is 53.4 Å². The summed E-state index contributed by atoms with van der Waals surface area (Å²) in [5.41, 5.74) is -1.31. The van der Waals surface area contributed by atoms with Crippen molar-refractivity contribution in [3.05, 3.63) is 54.1 Å². The van der Waals surface area contributed by atoms with Crippen molar-refractivity contribution in [3.8, 4) is 5.75 Å². The number of carbonyl (C=O) groups is 3. The van der Waals surface area contributed by atoms with Crippen molar-refractivity contribution in [3.63, 3.8) is 0 Å². The number of alkyl halides is 2. The molecule has 0 aromatic heterocycles. The van der Waals surface area contributed by atoms with E-state index in [9.17, 15) is 31.6 Å². The van der Waals surface area contributed by atoms with Gasteiger partial charge in [-0.2, -0.15) is 8.78 Å². The number of hydrogen-bond acceptors (Lipinski definition) is 6. The van der Waals surface area contributed by atoms with Crippen molar-refractivity contribution >= 4 is 33.4 Å². The molecule has 9 nitrogen and oxygen atoms in total. The van der Waals surface area contributed by atoms with Gasteiger partial charge in [0.25, 0.3) is 5.91 Å². The first-order valence-corrected chi connectivity index (χ1v) is 11.0. The lowest BCUT2D eigenvalue weighted by Gasteiger charge is -2.33. The van der Waals surface area contributed by atoms with Crippen LogP contribution in [0, 0.1) is 0 Å². The summed E-state index contributed by atoms with van der Waals surface area (Å²) in [5, 5.41) is 4.83. The van der Waals surface area contributed by atoms with Gasteiger partial charge in [0.1, 0.15) is 12.3 Å². The third kappa shape index (κ3) is 3.45. The number of amides is 4. The molecule has 2 aromatic rings. The minimum atomic E-state index is -4.98. The van der Waals surface area contributed by atoms with Crippen molar-refractivity contribution in [2.75, 3.05) is 18.5 Å². The summed E-state index contributed by atoms with van der Waals surface area (Å²) < 4.78 is 55.2. The maximum Gasteiger partial charge on any atom is 0.341 e. The number of rotatable bonds is 5. The maximum atomic E-state index is 13.2. The Hall–Kier alpha value is -3.54. The Morgan fingerprint density at radius 1 is 1.16 bits per heavy atom. The number of anilines is 1. The Morgan fingerprint density at radius 3 is 2.59 bits per heavy atom. The normalized spacial score (nSPS) is 20.2. The Kier molecular flexibility index (Phi) is 5.33. The first-order chi connectivity index (χ1) is 15.2. The Labute approximate surface area is 181 Å². The zero-order chi connectivity index (χ0) is 23.1. The third-order valence-corrected chi connectivity index (χ3v) is 6.70. The summed E-state index contributed by atoms with van der Waals surface area (Å²) in [5.74, 6) is -4.84. The van der Waals surface area contributed by atoms with Crippen molar-refractivity contribution in [2.24, 2.45) is 0 Å². The van der Waals surface area contributed by atoms with E-state index in [1.54, 1.807) is 24.3 Å². The van der Waals surface area contributed by atoms with Crippen LogP contribution >= 0.6 is 0 Å². The fraction of sp³-hybridized carbons (Fsp3) is 0.250. The number of fused-ring (bicyclic) bond motifs is 2. The fourth-order valence-electron chi connectivity index (χ4n) is 3.76. The fourth-order valence-corrected chi connectivity index (χ4v) is 4.65. The zero-order valence-corrected chi connectivity index (χ0v) is 17.2. The Morgan fingerprint density at radius 2 is 1.84 bits per heavy atom. The van der Waals surface area contributed by atoms with Crippen LogP contribution in [0.4, 0.5) is 19.3 Å². The molecule has 0 bridgehead atoms. The second kappa shape index (κ2) is 7.86. The van der Waals surface area contributed by atoms with Crippen LogP contribution in [0.5, 0.6) is 5.75 Å². The standard InChI is InChI=1S/C20H17F2N3O6S/c21-18(22)32(29,30)15-8-4-2-6-13(15)23-16(26)11-25-17(27)20(24-19(25)28)9-10-31-14-7-3-1-5-12(14)20/h1-8,18H,9-11H2,(H,23,26)(H,24,28)/t20-/m1/s1. The number of urea groups is 1. The summed E-state index contributed by atoms with van der Waals surface area (Å²) in [7, 11) is -4.98. The van der Waals surface area contributed by atoms with E-state index < -0.39 is 50.4 Å². The molecule has 32 heavy (non-hydrogen) atoms. The average molecular weight is 465 g/mol. The average Bonchev–Trinajstić information content (AvgIpc) is 2.99. The molecule has 168 valence electrons. The van der Waals surface area contributed by atoms with Crippen LogP contribution in [-0.2, 0) is 25.0 Å². The van der Waals surface area contributed by atoms with Crippen molar-refractivity contribution < 1.29 is 36.3 Å². The molecule has 2 N–H and O–H groups in total. The summed E-state index contributed by atoms with van der Waals surface area (Å²) in [6.45, 7) is -0.569. The predicted octanol–water partition coefficient (Wildman–Crippen LogP) is 1.85. The quantitative estimate of drug-likeness (QED) is 0.650. The van der Waals surface area contributed by atoms with E-state index in [0.717, 1.165) is 12.1 Å². The first-order valence-electron chi connectivity index (χ1n) is 9.44. The van der Waals surface area contributed by atoms with Gasteiger partial charge >= 0.3 is 11.8 Å². The number of hydrogen-bond donors (Lipinski definition) is 2. The van der Waals surface area contributed by atoms with Crippen LogP contribution in [0.2, 0.25) is 0 Å². The molecule has 0 radical (unpaired) electrons. The maximum absolute atomic E-state index is 13.2. The lowest BCUT2D eigenvalue weighted by Crippen LogP contribution is -2.48. The monoisotopic (exact) mass is 465 g/mol. The molecule has 1 fully saturated rings. The van der Waals surface area contributed by atoms with Crippen molar-refractivity contribution in [1.29, 1.82) is 0 Å². The number of ether oxygens (including phenoxy) is 1. The number of para-hydroxylation sites is 2. The van der Waals surface area contributed by atoms with Gasteiger partial charge in [0, 0.05) is 12.0 Å². The number of nitrogens with zero attached hydrogens (tertiary/aromatic N) is 1. The second-order valence-electron chi connectivity index (χ2n) is 7.17. The van der Waals surface area contributed by atoms with E-state index >= 15 is 0 Å². The van der Waals surface area contributed by atoms with Gasteiger partial charge in [-0.05, 0) is 18.2 Å². The molecule has 12 heteroatoms. The number of halogens is 2. The van der Waals surface area contributed by atoms with Gasteiger partial charge in [0.2, 0.25) is 15.7 Å². The molecule has 0 aliphatic carbocycles. The minimum Gasteiger partial charge on any atom is -0.493 e. The number of sulfone groups is 1. The van der Waals surface area contributed by atoms with Gasteiger partial charge in [-0.1, -0.05) is 30.3 Å². The summed E-state index contributed by atoms with van der Waals surface area (Å²) in [6, 6.07) is 10.5. The molecule has 0 unspecified atom stereocenters. The van der Waals surface area contributed by atoms with E-state index in [4.69, 9.17) is 4.74 Å². The van der Waals surface area contributed by atoms with Gasteiger partial charge in [0.05, 0.1) is 17.2 Å².